The molecule has 1 aliphatic carbocycles. The molecule has 4 rings (SSSR count). The summed E-state index contributed by atoms with van der Waals surface area (Å²) >= 11 is 0. The molecule has 0 spiro atoms. The van der Waals surface area contributed by atoms with Crippen LogP contribution in [0.4, 0.5) is 10.5 Å². The highest BCUT2D eigenvalue weighted by Crippen LogP contribution is 2.44. The monoisotopic (exact) mass is 458 g/mol. The van der Waals surface area contributed by atoms with Crippen LogP contribution in [0.15, 0.2) is 72.8 Å². The highest BCUT2D eigenvalue weighted by atomic mass is 16.5. The Morgan fingerprint density at radius 2 is 1.59 bits per heavy atom. The van der Waals surface area contributed by atoms with Gasteiger partial charge in [0.2, 0.25) is 5.91 Å². The van der Waals surface area contributed by atoms with Gasteiger partial charge < -0.3 is 15.2 Å². The molecule has 0 aromatic heterocycles. The number of ether oxygens (including phenoxy) is 1. The van der Waals surface area contributed by atoms with E-state index in [-0.39, 0.29) is 18.9 Å². The smallest absolute Gasteiger partial charge is 0.411 e. The Bertz CT molecular complexity index is 1180. The number of carbonyl (C=O) groups is 3. The fourth-order valence-electron chi connectivity index (χ4n) is 4.28. The molecule has 0 saturated heterocycles. The van der Waals surface area contributed by atoms with Crippen molar-refractivity contribution in [3.8, 4) is 11.1 Å². The van der Waals surface area contributed by atoms with Crippen LogP contribution in [-0.2, 0) is 20.7 Å². The number of amides is 2. The first-order valence-electron chi connectivity index (χ1n) is 11.2. The number of anilines is 1. The number of hydrogen-bond acceptors (Lipinski definition) is 4. The minimum Gasteiger partial charge on any atom is -0.480 e. The van der Waals surface area contributed by atoms with E-state index in [9.17, 15) is 14.4 Å². The Kier molecular flexibility index (Phi) is 6.92. The van der Waals surface area contributed by atoms with E-state index in [1.807, 2.05) is 24.3 Å². The molecule has 3 aromatic rings. The summed E-state index contributed by atoms with van der Waals surface area (Å²) in [6.45, 7) is 1.90. The molecule has 1 atom stereocenters. The number of benzene rings is 3. The fraction of sp³-hybridized carbons (Fsp3) is 0.222. The molecule has 7 heteroatoms. The molecule has 7 nitrogen and oxygen atoms in total. The van der Waals surface area contributed by atoms with E-state index < -0.39 is 24.0 Å². The number of rotatable bonds is 8. The summed E-state index contributed by atoms with van der Waals surface area (Å²) in [6.07, 6.45) is -0.283. The van der Waals surface area contributed by atoms with Crippen LogP contribution in [0.2, 0.25) is 0 Å². The van der Waals surface area contributed by atoms with Crippen LogP contribution < -0.4 is 10.6 Å². The van der Waals surface area contributed by atoms with Crippen LogP contribution in [-0.4, -0.2) is 35.7 Å². The molecule has 0 saturated carbocycles. The lowest BCUT2D eigenvalue weighted by molar-refractivity contribution is -0.141. The Morgan fingerprint density at radius 3 is 2.21 bits per heavy atom. The van der Waals surface area contributed by atoms with Crippen LogP contribution in [0.25, 0.3) is 11.1 Å². The third kappa shape index (κ3) is 5.09. The van der Waals surface area contributed by atoms with Crippen molar-refractivity contribution in [1.29, 1.82) is 0 Å². The van der Waals surface area contributed by atoms with Gasteiger partial charge in [-0.05, 0) is 46.4 Å². The van der Waals surface area contributed by atoms with Crippen LogP contribution in [0.5, 0.6) is 0 Å². The standard InChI is InChI=1S/C27H26N2O5/c1-2-24(26(31)32)29-25(30)15-17-8-7-9-18(14-17)28-27(33)34-16-23-21-12-5-3-10-19(21)20-11-4-6-13-22(20)23/h3-14,23-24H,2,15-16H2,1H3,(H,28,33)(H,29,30)(H,31,32). The predicted molar refractivity (Wildman–Crippen MR) is 129 cm³/mol. The second-order valence-electron chi connectivity index (χ2n) is 8.19. The van der Waals surface area contributed by atoms with E-state index >= 15 is 0 Å². The first kappa shape index (κ1) is 23.0. The zero-order valence-corrected chi connectivity index (χ0v) is 18.8. The van der Waals surface area contributed by atoms with Crippen LogP contribution in [0.3, 0.4) is 0 Å². The molecule has 1 unspecified atom stereocenters. The SMILES string of the molecule is CCC(NC(=O)Cc1cccc(NC(=O)OCC2c3ccccc3-c3ccccc32)c1)C(=O)O. The number of aliphatic carboxylic acids is 1. The van der Waals surface area contributed by atoms with Gasteiger partial charge in [0.05, 0.1) is 6.42 Å². The van der Waals surface area contributed by atoms with E-state index in [2.05, 4.69) is 34.9 Å². The highest BCUT2D eigenvalue weighted by Gasteiger charge is 2.29. The zero-order valence-electron chi connectivity index (χ0n) is 18.8. The summed E-state index contributed by atoms with van der Waals surface area (Å²) in [5, 5.41) is 14.3. The molecule has 0 aliphatic heterocycles. The molecule has 0 radical (unpaired) electrons. The number of nitrogens with one attached hydrogen (secondary N) is 2. The van der Waals surface area contributed by atoms with Crippen LogP contribution in [0.1, 0.15) is 36.0 Å². The Hall–Kier alpha value is -4.13. The van der Waals surface area contributed by atoms with Gasteiger partial charge in [-0.15, -0.1) is 0 Å². The highest BCUT2D eigenvalue weighted by molar-refractivity contribution is 5.87. The Morgan fingerprint density at radius 1 is 0.941 bits per heavy atom. The van der Waals surface area contributed by atoms with Crippen molar-refractivity contribution in [3.05, 3.63) is 89.5 Å². The lowest BCUT2D eigenvalue weighted by Crippen LogP contribution is -2.40. The molecule has 1 aliphatic rings. The van der Waals surface area contributed by atoms with Crippen molar-refractivity contribution in [2.75, 3.05) is 11.9 Å². The van der Waals surface area contributed by atoms with Gasteiger partial charge in [0.25, 0.3) is 0 Å². The summed E-state index contributed by atoms with van der Waals surface area (Å²) in [5.41, 5.74) is 5.73. The third-order valence-corrected chi connectivity index (χ3v) is 5.92. The average molecular weight is 459 g/mol. The second kappa shape index (κ2) is 10.2. The minimum atomic E-state index is -1.07. The fourth-order valence-corrected chi connectivity index (χ4v) is 4.28. The molecule has 0 fully saturated rings. The first-order valence-corrected chi connectivity index (χ1v) is 11.2. The lowest BCUT2D eigenvalue weighted by atomic mass is 9.98. The predicted octanol–water partition coefficient (Wildman–Crippen LogP) is 4.57. The van der Waals surface area contributed by atoms with Crippen molar-refractivity contribution in [1.82, 2.24) is 5.32 Å². The van der Waals surface area contributed by atoms with E-state index in [0.29, 0.717) is 17.7 Å². The summed E-state index contributed by atoms with van der Waals surface area (Å²) < 4.78 is 5.56. The zero-order chi connectivity index (χ0) is 24.1. The Labute approximate surface area is 197 Å². The third-order valence-electron chi connectivity index (χ3n) is 5.92. The molecule has 0 heterocycles. The van der Waals surface area contributed by atoms with Crippen LogP contribution >= 0.6 is 0 Å². The number of carboxylic acids is 1. The van der Waals surface area contributed by atoms with Gasteiger partial charge in [0.15, 0.2) is 0 Å². The molecule has 34 heavy (non-hydrogen) atoms. The molecule has 0 bridgehead atoms. The van der Waals surface area contributed by atoms with Crippen molar-refractivity contribution in [3.63, 3.8) is 0 Å². The summed E-state index contributed by atoms with van der Waals surface area (Å²) in [5.74, 6) is -1.50. The van der Waals surface area contributed by atoms with E-state index in [1.165, 1.54) is 0 Å². The number of fused-ring (bicyclic) bond motifs is 3. The van der Waals surface area contributed by atoms with E-state index in [4.69, 9.17) is 9.84 Å². The molecule has 3 aromatic carbocycles. The maximum Gasteiger partial charge on any atom is 0.411 e. The normalized spacial score (nSPS) is 12.9. The molecule has 174 valence electrons. The van der Waals surface area contributed by atoms with Crippen molar-refractivity contribution < 1.29 is 24.2 Å². The van der Waals surface area contributed by atoms with Crippen molar-refractivity contribution >= 4 is 23.7 Å². The van der Waals surface area contributed by atoms with E-state index in [1.54, 1.807) is 31.2 Å². The largest absolute Gasteiger partial charge is 0.480 e. The molecular formula is C27H26N2O5. The number of carbonyl (C=O) groups excluding carboxylic acids is 2. The van der Waals surface area contributed by atoms with Gasteiger partial charge in [-0.2, -0.15) is 0 Å². The maximum absolute atomic E-state index is 12.5. The van der Waals surface area contributed by atoms with Gasteiger partial charge >= 0.3 is 12.1 Å². The van der Waals surface area contributed by atoms with Crippen molar-refractivity contribution in [2.45, 2.75) is 31.7 Å². The van der Waals surface area contributed by atoms with Gasteiger partial charge in [-0.25, -0.2) is 9.59 Å². The van der Waals surface area contributed by atoms with Crippen LogP contribution in [0, 0.1) is 0 Å². The topological polar surface area (TPSA) is 105 Å². The average Bonchev–Trinajstić information content (AvgIpc) is 3.15. The summed E-state index contributed by atoms with van der Waals surface area (Å²) in [6, 6.07) is 22.2. The second-order valence-corrected chi connectivity index (χ2v) is 8.19. The molecule has 2 amide bonds. The van der Waals surface area contributed by atoms with Gasteiger partial charge in [0.1, 0.15) is 12.6 Å². The minimum absolute atomic E-state index is 0.00396. The Balaban J connectivity index is 1.36. The summed E-state index contributed by atoms with van der Waals surface area (Å²) in [4.78, 5) is 35.8. The lowest BCUT2D eigenvalue weighted by Gasteiger charge is -2.15. The maximum atomic E-state index is 12.5. The summed E-state index contributed by atoms with van der Waals surface area (Å²) in [7, 11) is 0. The first-order chi connectivity index (χ1) is 16.5. The van der Waals surface area contributed by atoms with Gasteiger partial charge in [0, 0.05) is 11.6 Å². The van der Waals surface area contributed by atoms with Crippen molar-refractivity contribution in [2.24, 2.45) is 0 Å². The molecular weight excluding hydrogens is 432 g/mol. The number of hydrogen-bond donors (Lipinski definition) is 3. The van der Waals surface area contributed by atoms with Gasteiger partial charge in [-0.1, -0.05) is 67.6 Å². The number of carboxylic acid groups (broad SMARTS) is 1. The van der Waals surface area contributed by atoms with E-state index in [0.717, 1.165) is 22.3 Å². The van der Waals surface area contributed by atoms with Gasteiger partial charge in [-0.3, -0.25) is 10.1 Å². The quantitative estimate of drug-likeness (QED) is 0.459. The molecule has 3 N–H and O–H groups in total.